The molecule has 144 valence electrons. The van der Waals surface area contributed by atoms with Crippen LogP contribution >= 0.6 is 0 Å². The number of anilines is 1. The quantitative estimate of drug-likeness (QED) is 0.732. The van der Waals surface area contributed by atoms with E-state index in [9.17, 15) is 9.50 Å². The monoisotopic (exact) mass is 379 g/mol. The Kier molecular flexibility index (Phi) is 5.21. The fourth-order valence-corrected chi connectivity index (χ4v) is 3.57. The molecule has 0 bridgehead atoms. The summed E-state index contributed by atoms with van der Waals surface area (Å²) in [6, 6.07) is 14.9. The molecule has 3 aromatic rings. The summed E-state index contributed by atoms with van der Waals surface area (Å²) in [5.74, 6) is -0.425. The number of hydrogen-bond acceptors (Lipinski definition) is 5. The fourth-order valence-electron chi connectivity index (χ4n) is 3.57. The molecule has 1 fully saturated rings. The number of benzene rings is 1. The normalized spacial score (nSPS) is 16.4. The number of rotatable bonds is 5. The van der Waals surface area contributed by atoms with Crippen molar-refractivity contribution in [3.8, 4) is 17.1 Å². The fraction of sp³-hybridized carbons (Fsp3) is 0.273. The predicted molar refractivity (Wildman–Crippen MR) is 106 cm³/mol. The summed E-state index contributed by atoms with van der Waals surface area (Å²) in [5.41, 5.74) is 4.54. The van der Waals surface area contributed by atoms with E-state index in [0.29, 0.717) is 12.2 Å². The molecule has 1 aromatic carbocycles. The molecule has 1 aliphatic heterocycles. The molecule has 3 heterocycles. The van der Waals surface area contributed by atoms with Gasteiger partial charge in [-0.2, -0.15) is 0 Å². The highest BCUT2D eigenvalue weighted by Gasteiger charge is 2.27. The van der Waals surface area contributed by atoms with Crippen LogP contribution in [0.4, 0.5) is 10.1 Å². The molecule has 1 aliphatic rings. The standard InChI is InChI=1S/C22H22FN3O2/c1-15-5-2-3-6-17(15)19-8-9-21(20(14-27)25-19)26-12-10-16(13-26)28-22-18(23)7-4-11-24-22/h2-9,11,16,27H,10,12-14H2,1H3. The molecule has 0 saturated carbocycles. The van der Waals surface area contributed by atoms with E-state index in [-0.39, 0.29) is 18.6 Å². The molecule has 2 aromatic heterocycles. The topological polar surface area (TPSA) is 58.5 Å². The molecule has 6 heteroatoms. The van der Waals surface area contributed by atoms with Crippen molar-refractivity contribution >= 4 is 5.69 Å². The molecule has 28 heavy (non-hydrogen) atoms. The van der Waals surface area contributed by atoms with E-state index < -0.39 is 5.82 Å². The molecular weight excluding hydrogens is 357 g/mol. The maximum absolute atomic E-state index is 13.8. The van der Waals surface area contributed by atoms with Crippen molar-refractivity contribution in [1.82, 2.24) is 9.97 Å². The summed E-state index contributed by atoms with van der Waals surface area (Å²) in [6.45, 7) is 3.24. The number of ether oxygens (including phenoxy) is 1. The van der Waals surface area contributed by atoms with Gasteiger partial charge >= 0.3 is 0 Å². The number of hydrogen-bond donors (Lipinski definition) is 1. The van der Waals surface area contributed by atoms with Crippen molar-refractivity contribution in [2.75, 3.05) is 18.0 Å². The lowest BCUT2D eigenvalue weighted by molar-refractivity contribution is 0.205. The van der Waals surface area contributed by atoms with Crippen LogP contribution in [0.25, 0.3) is 11.3 Å². The third-order valence-electron chi connectivity index (χ3n) is 5.01. The Balaban J connectivity index is 1.53. The van der Waals surface area contributed by atoms with Gasteiger partial charge in [-0.1, -0.05) is 24.3 Å². The zero-order chi connectivity index (χ0) is 19.5. The van der Waals surface area contributed by atoms with E-state index in [4.69, 9.17) is 4.74 Å². The Morgan fingerprint density at radius 3 is 2.82 bits per heavy atom. The van der Waals surface area contributed by atoms with Crippen LogP contribution in [0, 0.1) is 12.7 Å². The van der Waals surface area contributed by atoms with Gasteiger partial charge in [0.25, 0.3) is 5.88 Å². The Morgan fingerprint density at radius 2 is 2.04 bits per heavy atom. The van der Waals surface area contributed by atoms with Gasteiger partial charge in [-0.15, -0.1) is 0 Å². The lowest BCUT2D eigenvalue weighted by Crippen LogP contribution is -2.26. The van der Waals surface area contributed by atoms with Crippen LogP contribution < -0.4 is 9.64 Å². The van der Waals surface area contributed by atoms with E-state index >= 15 is 0 Å². The Bertz CT molecular complexity index is 980. The minimum Gasteiger partial charge on any atom is -0.470 e. The minimum atomic E-state index is -0.457. The molecule has 1 atom stereocenters. The van der Waals surface area contributed by atoms with E-state index in [1.165, 1.54) is 12.3 Å². The molecule has 1 N–H and O–H groups in total. The van der Waals surface area contributed by atoms with Crippen molar-refractivity contribution in [2.45, 2.75) is 26.1 Å². The van der Waals surface area contributed by atoms with Crippen LogP contribution in [-0.4, -0.2) is 34.3 Å². The van der Waals surface area contributed by atoms with Gasteiger partial charge in [-0.3, -0.25) is 0 Å². The second-order valence-electron chi connectivity index (χ2n) is 6.90. The van der Waals surface area contributed by atoms with Gasteiger partial charge in [0.15, 0.2) is 5.82 Å². The van der Waals surface area contributed by atoms with Gasteiger partial charge in [0.1, 0.15) is 6.10 Å². The Hall–Kier alpha value is -2.99. The van der Waals surface area contributed by atoms with Crippen LogP contribution in [0.5, 0.6) is 5.88 Å². The maximum Gasteiger partial charge on any atom is 0.250 e. The highest BCUT2D eigenvalue weighted by molar-refractivity contribution is 5.66. The third kappa shape index (κ3) is 3.68. The molecule has 0 amide bonds. The van der Waals surface area contributed by atoms with Gasteiger partial charge in [0.05, 0.1) is 30.2 Å². The molecule has 4 rings (SSSR count). The summed E-state index contributed by atoms with van der Waals surface area (Å²) in [4.78, 5) is 10.8. The maximum atomic E-state index is 13.8. The van der Waals surface area contributed by atoms with Gasteiger partial charge in [-0.25, -0.2) is 14.4 Å². The van der Waals surface area contributed by atoms with Crippen LogP contribution in [0.1, 0.15) is 17.7 Å². The van der Waals surface area contributed by atoms with Crippen LogP contribution in [0.2, 0.25) is 0 Å². The Labute approximate surface area is 163 Å². The number of halogens is 1. The number of aromatic nitrogens is 2. The SMILES string of the molecule is Cc1ccccc1-c1ccc(N2CCC(Oc3ncccc3F)C2)c(CO)n1. The largest absolute Gasteiger partial charge is 0.470 e. The van der Waals surface area contributed by atoms with Crippen molar-refractivity contribution in [1.29, 1.82) is 0 Å². The van der Waals surface area contributed by atoms with Gasteiger partial charge < -0.3 is 14.7 Å². The first-order valence-corrected chi connectivity index (χ1v) is 9.34. The predicted octanol–water partition coefficient (Wildman–Crippen LogP) is 3.74. The second-order valence-corrected chi connectivity index (χ2v) is 6.90. The molecule has 0 aliphatic carbocycles. The lowest BCUT2D eigenvalue weighted by Gasteiger charge is -2.21. The highest BCUT2D eigenvalue weighted by Crippen LogP contribution is 2.29. The molecule has 1 saturated heterocycles. The summed E-state index contributed by atoms with van der Waals surface area (Å²) < 4.78 is 19.5. The summed E-state index contributed by atoms with van der Waals surface area (Å²) in [6.07, 6.45) is 2.11. The first-order chi connectivity index (χ1) is 13.7. The number of aliphatic hydroxyl groups excluding tert-OH is 1. The lowest BCUT2D eigenvalue weighted by atomic mass is 10.0. The van der Waals surface area contributed by atoms with Crippen molar-refractivity contribution < 1.29 is 14.2 Å². The van der Waals surface area contributed by atoms with Crippen LogP contribution in [-0.2, 0) is 6.61 Å². The second kappa shape index (κ2) is 7.94. The molecule has 0 radical (unpaired) electrons. The molecule has 5 nitrogen and oxygen atoms in total. The zero-order valence-corrected chi connectivity index (χ0v) is 15.7. The zero-order valence-electron chi connectivity index (χ0n) is 15.7. The van der Waals surface area contributed by atoms with E-state index in [1.54, 1.807) is 6.07 Å². The van der Waals surface area contributed by atoms with Gasteiger partial charge in [-0.05, 0) is 36.8 Å². The average molecular weight is 379 g/mol. The first kappa shape index (κ1) is 18.4. The first-order valence-electron chi connectivity index (χ1n) is 9.34. The number of aliphatic hydroxyl groups is 1. The van der Waals surface area contributed by atoms with Crippen molar-refractivity contribution in [3.05, 3.63) is 71.8 Å². The van der Waals surface area contributed by atoms with E-state index in [0.717, 1.165) is 35.5 Å². The molecule has 1 unspecified atom stereocenters. The highest BCUT2D eigenvalue weighted by atomic mass is 19.1. The van der Waals surface area contributed by atoms with Gasteiger partial charge in [0, 0.05) is 24.7 Å². The van der Waals surface area contributed by atoms with E-state index in [1.807, 2.05) is 43.3 Å². The smallest absolute Gasteiger partial charge is 0.250 e. The average Bonchev–Trinajstić information content (AvgIpc) is 3.18. The summed E-state index contributed by atoms with van der Waals surface area (Å²) in [5, 5.41) is 9.88. The summed E-state index contributed by atoms with van der Waals surface area (Å²) in [7, 11) is 0. The van der Waals surface area contributed by atoms with Crippen molar-refractivity contribution in [3.63, 3.8) is 0 Å². The van der Waals surface area contributed by atoms with Crippen LogP contribution in [0.15, 0.2) is 54.7 Å². The number of nitrogens with zero attached hydrogens (tertiary/aromatic N) is 3. The number of pyridine rings is 2. The minimum absolute atomic E-state index is 0.0322. The van der Waals surface area contributed by atoms with Crippen LogP contribution in [0.3, 0.4) is 0 Å². The van der Waals surface area contributed by atoms with E-state index in [2.05, 4.69) is 14.9 Å². The molecular formula is C22H22FN3O2. The summed E-state index contributed by atoms with van der Waals surface area (Å²) >= 11 is 0. The number of aryl methyl sites for hydroxylation is 1. The third-order valence-corrected chi connectivity index (χ3v) is 5.01. The van der Waals surface area contributed by atoms with Crippen molar-refractivity contribution in [2.24, 2.45) is 0 Å². The Morgan fingerprint density at radius 1 is 1.18 bits per heavy atom. The molecule has 0 spiro atoms. The van der Waals surface area contributed by atoms with Gasteiger partial charge in [0.2, 0.25) is 0 Å².